The van der Waals surface area contributed by atoms with Gasteiger partial charge in [0.1, 0.15) is 0 Å². The minimum Gasteiger partial charge on any atom is -0.399 e. The molecule has 0 radical (unpaired) electrons. The third-order valence-electron chi connectivity index (χ3n) is 4.09. The van der Waals surface area contributed by atoms with Crippen LogP contribution in [0, 0.1) is 0 Å². The molecule has 0 heterocycles. The predicted octanol–water partition coefficient (Wildman–Crippen LogP) is 4.19. The summed E-state index contributed by atoms with van der Waals surface area (Å²) >= 11 is 3.40. The predicted molar refractivity (Wildman–Crippen MR) is 99.8 cm³/mol. The summed E-state index contributed by atoms with van der Waals surface area (Å²) in [5.74, 6) is 0.0667. The Hall–Kier alpha value is -1.52. The van der Waals surface area contributed by atoms with Crippen LogP contribution in [0.25, 0.3) is 0 Å². The van der Waals surface area contributed by atoms with Gasteiger partial charge >= 0.3 is 0 Å². The molecule has 2 aromatic carbocycles. The molecule has 1 unspecified atom stereocenters. The maximum Gasteiger partial charge on any atom is 0.224 e. The number of aryl methyl sites for hydroxylation is 1. The van der Waals surface area contributed by atoms with Gasteiger partial charge in [0, 0.05) is 10.2 Å². The van der Waals surface area contributed by atoms with Crippen LogP contribution in [0.2, 0.25) is 0 Å². The molecule has 3 nitrogen and oxygen atoms in total. The monoisotopic (exact) mass is 394 g/mol. The zero-order valence-electron chi connectivity index (χ0n) is 12.7. The highest BCUT2D eigenvalue weighted by Crippen LogP contribution is 2.31. The van der Waals surface area contributed by atoms with Gasteiger partial charge in [0.15, 0.2) is 0 Å². The van der Waals surface area contributed by atoms with Gasteiger partial charge in [0.25, 0.3) is 0 Å². The molecule has 0 aliphatic heterocycles. The number of hydrogen-bond acceptors (Lipinski definition) is 2. The molecule has 1 amide bonds. The number of nitrogens with two attached hydrogens (primary N) is 1. The van der Waals surface area contributed by atoms with E-state index in [-0.39, 0.29) is 24.4 Å². The molecule has 122 valence electrons. The van der Waals surface area contributed by atoms with Crippen molar-refractivity contribution in [2.75, 3.05) is 5.73 Å². The van der Waals surface area contributed by atoms with Crippen LogP contribution in [0.4, 0.5) is 5.69 Å². The van der Waals surface area contributed by atoms with Crippen molar-refractivity contribution in [3.05, 3.63) is 63.6 Å². The Morgan fingerprint density at radius 1 is 1.22 bits per heavy atom. The summed E-state index contributed by atoms with van der Waals surface area (Å²) in [4.78, 5) is 12.3. The summed E-state index contributed by atoms with van der Waals surface area (Å²) in [6.07, 6.45) is 3.52. The Balaban J connectivity index is 0.00000192. The van der Waals surface area contributed by atoms with E-state index in [4.69, 9.17) is 5.73 Å². The smallest absolute Gasteiger partial charge is 0.224 e. The van der Waals surface area contributed by atoms with E-state index in [9.17, 15) is 4.79 Å². The van der Waals surface area contributed by atoms with Gasteiger partial charge in [-0.25, -0.2) is 0 Å². The third-order valence-corrected chi connectivity index (χ3v) is 4.62. The van der Waals surface area contributed by atoms with Gasteiger partial charge in [0.05, 0.1) is 12.5 Å². The van der Waals surface area contributed by atoms with Gasteiger partial charge in [0.2, 0.25) is 5.91 Å². The Morgan fingerprint density at radius 2 is 1.96 bits per heavy atom. The Kier molecular flexibility index (Phi) is 6.08. The first-order valence-electron chi connectivity index (χ1n) is 7.54. The highest BCUT2D eigenvalue weighted by molar-refractivity contribution is 9.10. The van der Waals surface area contributed by atoms with E-state index in [1.807, 2.05) is 36.4 Å². The number of benzene rings is 2. The number of anilines is 1. The molecule has 3 rings (SSSR count). The zero-order valence-corrected chi connectivity index (χ0v) is 15.1. The summed E-state index contributed by atoms with van der Waals surface area (Å²) in [7, 11) is 0. The quantitative estimate of drug-likeness (QED) is 0.766. The van der Waals surface area contributed by atoms with Crippen molar-refractivity contribution >= 4 is 39.9 Å². The van der Waals surface area contributed by atoms with Crippen LogP contribution in [-0.4, -0.2) is 5.91 Å². The number of amides is 1. The van der Waals surface area contributed by atoms with Gasteiger partial charge < -0.3 is 11.1 Å². The summed E-state index contributed by atoms with van der Waals surface area (Å²) in [5, 5.41) is 3.17. The van der Waals surface area contributed by atoms with Crippen molar-refractivity contribution in [2.24, 2.45) is 0 Å². The summed E-state index contributed by atoms with van der Waals surface area (Å²) in [5.41, 5.74) is 10.1. The fraction of sp³-hybridized carbons (Fsp3) is 0.278. The minimum absolute atomic E-state index is 0. The average Bonchev–Trinajstić information content (AvgIpc) is 2.49. The number of carbonyl (C=O) groups is 1. The number of nitrogen functional groups attached to an aromatic ring is 1. The lowest BCUT2D eigenvalue weighted by Crippen LogP contribution is -2.32. The first-order valence-corrected chi connectivity index (χ1v) is 8.33. The van der Waals surface area contributed by atoms with Gasteiger partial charge in [-0.05, 0) is 60.2 Å². The molecule has 1 aliphatic carbocycles. The second-order valence-corrected chi connectivity index (χ2v) is 6.69. The van der Waals surface area contributed by atoms with E-state index in [0.717, 1.165) is 35.0 Å². The molecule has 3 N–H and O–H groups in total. The second-order valence-electron chi connectivity index (χ2n) is 5.77. The van der Waals surface area contributed by atoms with Gasteiger partial charge in [-0.3, -0.25) is 4.79 Å². The summed E-state index contributed by atoms with van der Waals surface area (Å²) in [6, 6.07) is 14.0. The third kappa shape index (κ3) is 4.49. The first kappa shape index (κ1) is 17.8. The van der Waals surface area contributed by atoms with Gasteiger partial charge in [-0.1, -0.05) is 34.1 Å². The van der Waals surface area contributed by atoms with E-state index >= 15 is 0 Å². The van der Waals surface area contributed by atoms with Gasteiger partial charge in [-0.15, -0.1) is 12.4 Å². The second kappa shape index (κ2) is 7.84. The van der Waals surface area contributed by atoms with Crippen molar-refractivity contribution in [3.8, 4) is 0 Å². The molecule has 0 saturated heterocycles. The molecule has 0 aromatic heterocycles. The van der Waals surface area contributed by atoms with Crippen molar-refractivity contribution < 1.29 is 4.79 Å². The van der Waals surface area contributed by atoms with E-state index < -0.39 is 0 Å². The van der Waals surface area contributed by atoms with Crippen molar-refractivity contribution in [3.63, 3.8) is 0 Å². The summed E-state index contributed by atoms with van der Waals surface area (Å²) < 4.78 is 1.02. The standard InChI is InChI=1S/C18H19BrN2O.ClH/c19-14-6-4-12(5-7-14)10-18(22)21-17-3-1-2-13-11-15(20)8-9-16(13)17;/h4-9,11,17H,1-3,10,20H2,(H,21,22);1H. The molecule has 0 bridgehead atoms. The fourth-order valence-electron chi connectivity index (χ4n) is 3.02. The molecule has 1 atom stereocenters. The van der Waals surface area contributed by atoms with Crippen molar-refractivity contribution in [1.82, 2.24) is 5.32 Å². The topological polar surface area (TPSA) is 55.1 Å². The number of rotatable bonds is 3. The normalized spacial score (nSPS) is 16.1. The molecule has 2 aromatic rings. The molecular weight excluding hydrogens is 376 g/mol. The number of nitrogens with one attached hydrogen (secondary N) is 1. The number of halogens is 2. The largest absolute Gasteiger partial charge is 0.399 e. The fourth-order valence-corrected chi connectivity index (χ4v) is 3.28. The van der Waals surface area contributed by atoms with Gasteiger partial charge in [-0.2, -0.15) is 0 Å². The van der Waals surface area contributed by atoms with Crippen LogP contribution in [-0.2, 0) is 17.6 Å². The molecular formula is C18H20BrClN2O. The molecule has 5 heteroatoms. The highest BCUT2D eigenvalue weighted by Gasteiger charge is 2.21. The Bertz CT molecular complexity index is 688. The Morgan fingerprint density at radius 3 is 2.70 bits per heavy atom. The first-order chi connectivity index (χ1) is 10.6. The van der Waals surface area contributed by atoms with Crippen molar-refractivity contribution in [1.29, 1.82) is 0 Å². The number of hydrogen-bond donors (Lipinski definition) is 2. The van der Waals surface area contributed by atoms with Crippen LogP contribution in [0.5, 0.6) is 0 Å². The van der Waals surface area contributed by atoms with E-state index in [2.05, 4.69) is 27.3 Å². The lowest BCUT2D eigenvalue weighted by molar-refractivity contribution is -0.121. The molecule has 0 saturated carbocycles. The highest BCUT2D eigenvalue weighted by atomic mass is 79.9. The lowest BCUT2D eigenvalue weighted by Gasteiger charge is -2.26. The molecule has 23 heavy (non-hydrogen) atoms. The zero-order chi connectivity index (χ0) is 15.5. The maximum absolute atomic E-state index is 12.3. The van der Waals surface area contributed by atoms with Crippen LogP contribution in [0.15, 0.2) is 46.9 Å². The maximum atomic E-state index is 12.3. The minimum atomic E-state index is 0. The van der Waals surface area contributed by atoms with E-state index in [0.29, 0.717) is 6.42 Å². The van der Waals surface area contributed by atoms with Crippen LogP contribution >= 0.6 is 28.3 Å². The average molecular weight is 396 g/mol. The SMILES string of the molecule is Cl.Nc1ccc2c(c1)CCCC2NC(=O)Cc1ccc(Br)cc1. The van der Waals surface area contributed by atoms with Crippen molar-refractivity contribution in [2.45, 2.75) is 31.7 Å². The Labute approximate surface area is 151 Å². The molecule has 0 spiro atoms. The summed E-state index contributed by atoms with van der Waals surface area (Å²) in [6.45, 7) is 0. The van der Waals surface area contributed by atoms with E-state index in [1.54, 1.807) is 0 Å². The number of fused-ring (bicyclic) bond motifs is 1. The van der Waals surface area contributed by atoms with Crippen LogP contribution in [0.3, 0.4) is 0 Å². The molecule has 0 fully saturated rings. The molecule has 1 aliphatic rings. The lowest BCUT2D eigenvalue weighted by atomic mass is 9.87. The van der Waals surface area contributed by atoms with Crippen LogP contribution < -0.4 is 11.1 Å². The van der Waals surface area contributed by atoms with E-state index in [1.165, 1.54) is 11.1 Å². The van der Waals surface area contributed by atoms with Crippen LogP contribution in [0.1, 0.15) is 35.6 Å². The number of carbonyl (C=O) groups excluding carboxylic acids is 1.